The van der Waals surface area contributed by atoms with Crippen LogP contribution in [0.4, 0.5) is 23.2 Å². The summed E-state index contributed by atoms with van der Waals surface area (Å²) in [6, 6.07) is 8.28. The first-order valence-corrected chi connectivity index (χ1v) is 6.51. The molecule has 0 aromatic heterocycles. The van der Waals surface area contributed by atoms with Crippen LogP contribution in [0.25, 0.3) is 0 Å². The van der Waals surface area contributed by atoms with E-state index in [2.05, 4.69) is 5.32 Å². The minimum Gasteiger partial charge on any atom is -0.381 e. The molecule has 112 valence electrons. The number of halogens is 5. The van der Waals surface area contributed by atoms with Crippen molar-refractivity contribution in [2.45, 2.75) is 19.6 Å². The molecule has 1 nitrogen and oxygen atoms in total. The molecule has 0 aliphatic rings. The van der Waals surface area contributed by atoms with Crippen LogP contribution in [0, 0.1) is 12.7 Å². The summed E-state index contributed by atoms with van der Waals surface area (Å²) < 4.78 is 51.7. The molecule has 0 amide bonds. The maximum Gasteiger partial charge on any atom is 0.416 e. The zero-order valence-electron chi connectivity index (χ0n) is 11.1. The van der Waals surface area contributed by atoms with Gasteiger partial charge in [-0.1, -0.05) is 29.8 Å². The molecule has 1 N–H and O–H groups in total. The van der Waals surface area contributed by atoms with Gasteiger partial charge < -0.3 is 5.32 Å². The van der Waals surface area contributed by atoms with Crippen molar-refractivity contribution in [3.05, 3.63) is 63.9 Å². The fraction of sp³-hybridized carbons (Fsp3) is 0.200. The van der Waals surface area contributed by atoms with E-state index >= 15 is 0 Å². The van der Waals surface area contributed by atoms with Crippen LogP contribution in [0.1, 0.15) is 16.7 Å². The molecule has 0 fully saturated rings. The third-order valence-electron chi connectivity index (χ3n) is 3.06. The van der Waals surface area contributed by atoms with Crippen molar-refractivity contribution in [1.29, 1.82) is 0 Å². The number of anilines is 1. The molecule has 0 atom stereocenters. The number of benzene rings is 2. The highest BCUT2D eigenvalue weighted by molar-refractivity contribution is 6.31. The monoisotopic (exact) mass is 317 g/mol. The molecule has 0 aliphatic carbocycles. The van der Waals surface area contributed by atoms with Crippen LogP contribution < -0.4 is 5.32 Å². The predicted molar refractivity (Wildman–Crippen MR) is 74.9 cm³/mol. The van der Waals surface area contributed by atoms with Crippen molar-refractivity contribution in [2.75, 3.05) is 5.32 Å². The molecule has 0 bridgehead atoms. The van der Waals surface area contributed by atoms with Gasteiger partial charge in [0.05, 0.1) is 10.6 Å². The Morgan fingerprint density at radius 1 is 1.14 bits per heavy atom. The van der Waals surface area contributed by atoms with E-state index in [-0.39, 0.29) is 17.1 Å². The van der Waals surface area contributed by atoms with E-state index in [1.54, 1.807) is 6.07 Å². The van der Waals surface area contributed by atoms with Crippen LogP contribution in [-0.4, -0.2) is 0 Å². The Morgan fingerprint density at radius 3 is 2.52 bits per heavy atom. The molecule has 0 saturated carbocycles. The topological polar surface area (TPSA) is 12.0 Å². The van der Waals surface area contributed by atoms with Gasteiger partial charge in [0.25, 0.3) is 0 Å². The molecule has 21 heavy (non-hydrogen) atoms. The van der Waals surface area contributed by atoms with Crippen molar-refractivity contribution < 1.29 is 17.6 Å². The van der Waals surface area contributed by atoms with Gasteiger partial charge in [-0.3, -0.25) is 0 Å². The summed E-state index contributed by atoms with van der Waals surface area (Å²) >= 11 is 5.79. The number of alkyl halides is 3. The number of aryl methyl sites for hydroxylation is 1. The molecule has 0 aliphatic heterocycles. The predicted octanol–water partition coefficient (Wildman–Crippen LogP) is 5.42. The van der Waals surface area contributed by atoms with Gasteiger partial charge in [0.2, 0.25) is 0 Å². The summed E-state index contributed by atoms with van der Waals surface area (Å²) in [4.78, 5) is 0. The molecule has 2 aromatic carbocycles. The van der Waals surface area contributed by atoms with E-state index in [0.717, 1.165) is 6.07 Å². The lowest BCUT2D eigenvalue weighted by molar-refractivity contribution is -0.138. The average molecular weight is 318 g/mol. The van der Waals surface area contributed by atoms with Crippen LogP contribution in [0.2, 0.25) is 5.02 Å². The summed E-state index contributed by atoms with van der Waals surface area (Å²) in [6.07, 6.45) is -4.40. The van der Waals surface area contributed by atoms with Gasteiger partial charge in [0, 0.05) is 12.2 Å². The summed E-state index contributed by atoms with van der Waals surface area (Å²) in [5, 5.41) is 2.78. The Labute approximate surface area is 124 Å². The Morgan fingerprint density at radius 2 is 1.86 bits per heavy atom. The van der Waals surface area contributed by atoms with Crippen LogP contribution >= 0.6 is 11.6 Å². The maximum atomic E-state index is 13.3. The van der Waals surface area contributed by atoms with Crippen LogP contribution in [0.3, 0.4) is 0 Å². The van der Waals surface area contributed by atoms with Gasteiger partial charge in [-0.2, -0.15) is 13.2 Å². The summed E-state index contributed by atoms with van der Waals surface area (Å²) in [5.74, 6) is -0.559. The van der Waals surface area contributed by atoms with Crippen molar-refractivity contribution in [3.8, 4) is 0 Å². The van der Waals surface area contributed by atoms with E-state index in [9.17, 15) is 17.6 Å². The smallest absolute Gasteiger partial charge is 0.381 e. The zero-order valence-corrected chi connectivity index (χ0v) is 11.8. The minimum atomic E-state index is -4.40. The molecule has 0 spiro atoms. The molecule has 2 aromatic rings. The van der Waals surface area contributed by atoms with E-state index in [1.807, 2.05) is 0 Å². The van der Waals surface area contributed by atoms with Gasteiger partial charge in [-0.05, 0) is 36.2 Å². The largest absolute Gasteiger partial charge is 0.416 e. The number of hydrogen-bond acceptors (Lipinski definition) is 1. The highest BCUT2D eigenvalue weighted by Crippen LogP contribution is 2.33. The molecule has 0 heterocycles. The molecule has 0 unspecified atom stereocenters. The number of nitrogens with one attached hydrogen (secondary N) is 1. The lowest BCUT2D eigenvalue weighted by Gasteiger charge is -2.14. The van der Waals surface area contributed by atoms with Crippen molar-refractivity contribution in [3.63, 3.8) is 0 Å². The molecule has 6 heteroatoms. The standard InChI is InChI=1S/C15H12ClF4N/c1-9-5-6-11(7-12(9)15(18,19)20)21-8-10-3-2-4-13(17)14(10)16/h2-7,21H,8H2,1H3. The van der Waals surface area contributed by atoms with Crippen LogP contribution in [0.5, 0.6) is 0 Å². The number of rotatable bonds is 3. The molecular weight excluding hydrogens is 306 g/mol. The Bertz CT molecular complexity index is 653. The van der Waals surface area contributed by atoms with Gasteiger partial charge in [-0.15, -0.1) is 0 Å². The molecule has 2 rings (SSSR count). The second-order valence-electron chi connectivity index (χ2n) is 4.59. The average Bonchev–Trinajstić information content (AvgIpc) is 2.40. The minimum absolute atomic E-state index is 0.0341. The first-order valence-electron chi connectivity index (χ1n) is 6.13. The molecular formula is C15H12ClF4N. The summed E-state index contributed by atoms with van der Waals surface area (Å²) in [6.45, 7) is 1.53. The first-order chi connectivity index (χ1) is 9.79. The normalized spacial score (nSPS) is 11.5. The third-order valence-corrected chi connectivity index (χ3v) is 3.48. The third kappa shape index (κ3) is 3.67. The van der Waals surface area contributed by atoms with E-state index in [1.165, 1.54) is 31.2 Å². The van der Waals surface area contributed by atoms with E-state index < -0.39 is 17.6 Å². The van der Waals surface area contributed by atoms with Gasteiger partial charge >= 0.3 is 6.18 Å². The Kier molecular flexibility index (Phi) is 4.42. The van der Waals surface area contributed by atoms with Crippen molar-refractivity contribution in [2.24, 2.45) is 0 Å². The van der Waals surface area contributed by atoms with E-state index in [0.29, 0.717) is 11.3 Å². The van der Waals surface area contributed by atoms with E-state index in [4.69, 9.17) is 11.6 Å². The first kappa shape index (κ1) is 15.6. The van der Waals surface area contributed by atoms with Crippen molar-refractivity contribution in [1.82, 2.24) is 0 Å². The summed E-state index contributed by atoms with van der Waals surface area (Å²) in [5.41, 5.74) is 0.230. The quantitative estimate of drug-likeness (QED) is 0.745. The lowest BCUT2D eigenvalue weighted by Crippen LogP contribution is -2.09. The SMILES string of the molecule is Cc1ccc(NCc2cccc(F)c2Cl)cc1C(F)(F)F. The second-order valence-corrected chi connectivity index (χ2v) is 4.97. The fourth-order valence-electron chi connectivity index (χ4n) is 1.92. The van der Waals surface area contributed by atoms with Crippen LogP contribution in [0.15, 0.2) is 36.4 Å². The number of hydrogen-bond donors (Lipinski definition) is 1. The second kappa shape index (κ2) is 5.93. The summed E-state index contributed by atoms with van der Waals surface area (Å²) in [7, 11) is 0. The maximum absolute atomic E-state index is 13.3. The van der Waals surface area contributed by atoms with Gasteiger partial charge in [0.1, 0.15) is 5.82 Å². The highest BCUT2D eigenvalue weighted by Gasteiger charge is 2.32. The fourth-order valence-corrected chi connectivity index (χ4v) is 2.11. The zero-order chi connectivity index (χ0) is 15.6. The highest BCUT2D eigenvalue weighted by atomic mass is 35.5. The lowest BCUT2D eigenvalue weighted by atomic mass is 10.1. The van der Waals surface area contributed by atoms with Gasteiger partial charge in [-0.25, -0.2) is 4.39 Å². The van der Waals surface area contributed by atoms with Gasteiger partial charge in [0.15, 0.2) is 0 Å². The molecule has 0 radical (unpaired) electrons. The Hall–Kier alpha value is -1.75. The van der Waals surface area contributed by atoms with Crippen LogP contribution in [-0.2, 0) is 12.7 Å². The molecule has 0 saturated heterocycles. The Balaban J connectivity index is 2.19. The van der Waals surface area contributed by atoms with Crippen molar-refractivity contribution >= 4 is 17.3 Å².